The highest BCUT2D eigenvalue weighted by atomic mass is 32.2. The van der Waals surface area contributed by atoms with E-state index in [4.69, 9.17) is 14.2 Å². The van der Waals surface area contributed by atoms with E-state index in [2.05, 4.69) is 0 Å². The Morgan fingerprint density at radius 2 is 1.89 bits per heavy atom. The molecule has 0 unspecified atom stereocenters. The molecule has 0 aliphatic carbocycles. The molecule has 1 aromatic carbocycles. The van der Waals surface area contributed by atoms with Gasteiger partial charge in [0.2, 0.25) is 0 Å². The largest absolute Gasteiger partial charge is 0.486 e. The molecule has 152 valence electrons. The van der Waals surface area contributed by atoms with Gasteiger partial charge in [0.25, 0.3) is 10.0 Å². The minimum absolute atomic E-state index is 0.0790. The van der Waals surface area contributed by atoms with Crippen LogP contribution < -0.4 is 14.2 Å². The van der Waals surface area contributed by atoms with Crippen LogP contribution in [0, 0.1) is 0 Å². The van der Waals surface area contributed by atoms with Crippen molar-refractivity contribution in [3.05, 3.63) is 34.7 Å². The van der Waals surface area contributed by atoms with Gasteiger partial charge in [0, 0.05) is 6.07 Å². The van der Waals surface area contributed by atoms with Crippen molar-refractivity contribution in [1.29, 1.82) is 0 Å². The Morgan fingerprint density at radius 1 is 1.21 bits per heavy atom. The van der Waals surface area contributed by atoms with Gasteiger partial charge in [-0.05, 0) is 25.1 Å². The van der Waals surface area contributed by atoms with Crippen LogP contribution in [0.2, 0.25) is 0 Å². The summed E-state index contributed by atoms with van der Waals surface area (Å²) in [5, 5.41) is -0.485. The predicted octanol–water partition coefficient (Wildman–Crippen LogP) is 3.52. The highest BCUT2D eigenvalue weighted by molar-refractivity contribution is 7.93. The van der Waals surface area contributed by atoms with Gasteiger partial charge in [-0.2, -0.15) is 13.2 Å². The van der Waals surface area contributed by atoms with Crippen molar-refractivity contribution in [3.8, 4) is 11.5 Å². The van der Waals surface area contributed by atoms with Gasteiger partial charge < -0.3 is 14.2 Å². The average molecular weight is 437 g/mol. The number of rotatable bonds is 5. The summed E-state index contributed by atoms with van der Waals surface area (Å²) in [5.74, 6) is -0.510. The summed E-state index contributed by atoms with van der Waals surface area (Å²) in [5.41, 5.74) is -0.514. The Bertz CT molecular complexity index is 1000. The minimum Gasteiger partial charge on any atom is -0.486 e. The number of ether oxygens (including phenoxy) is 3. The lowest BCUT2D eigenvalue weighted by atomic mass is 10.3. The number of hydrogen-bond donors (Lipinski definition) is 1. The summed E-state index contributed by atoms with van der Waals surface area (Å²) in [6, 6.07) is 4.35. The molecule has 0 saturated heterocycles. The third-order valence-electron chi connectivity index (χ3n) is 3.56. The molecule has 0 saturated carbocycles. The van der Waals surface area contributed by atoms with Crippen molar-refractivity contribution in [3.63, 3.8) is 0 Å². The summed E-state index contributed by atoms with van der Waals surface area (Å²) in [4.78, 5) is 10.6. The van der Waals surface area contributed by atoms with Crippen LogP contribution in [0.3, 0.4) is 0 Å². The maximum Gasteiger partial charge on any atom is 0.425 e. The van der Waals surface area contributed by atoms with Crippen molar-refractivity contribution in [2.45, 2.75) is 18.0 Å². The number of carbonyl (C=O) groups excluding carboxylic acids is 1. The lowest BCUT2D eigenvalue weighted by Gasteiger charge is -2.19. The number of alkyl halides is 3. The summed E-state index contributed by atoms with van der Waals surface area (Å²) < 4.78 is 81.7. The molecule has 0 fully saturated rings. The van der Waals surface area contributed by atoms with E-state index < -0.39 is 37.6 Å². The van der Waals surface area contributed by atoms with Crippen LogP contribution in [0.25, 0.3) is 0 Å². The van der Waals surface area contributed by atoms with E-state index >= 15 is 0 Å². The number of anilines is 1. The Kier molecular flexibility index (Phi) is 5.44. The van der Waals surface area contributed by atoms with Crippen molar-refractivity contribution in [2.75, 3.05) is 24.5 Å². The number of esters is 1. The van der Waals surface area contributed by atoms with E-state index in [1.54, 1.807) is 0 Å². The van der Waals surface area contributed by atoms with E-state index in [0.717, 1.165) is 0 Å². The first-order valence-electron chi connectivity index (χ1n) is 7.92. The molecular weight excluding hydrogens is 423 g/mol. The van der Waals surface area contributed by atoms with Gasteiger partial charge >= 0.3 is 12.1 Å². The second-order valence-electron chi connectivity index (χ2n) is 5.48. The van der Waals surface area contributed by atoms with Crippen LogP contribution in [-0.2, 0) is 20.9 Å². The first-order valence-corrected chi connectivity index (χ1v) is 10.2. The molecule has 0 atom stereocenters. The van der Waals surface area contributed by atoms with Crippen LogP contribution in [0.15, 0.2) is 29.2 Å². The van der Waals surface area contributed by atoms with Crippen LogP contribution in [0.5, 0.6) is 11.5 Å². The molecule has 7 nitrogen and oxygen atoms in total. The topological polar surface area (TPSA) is 90.9 Å². The summed E-state index contributed by atoms with van der Waals surface area (Å²) in [6.45, 7) is 1.95. The maximum absolute atomic E-state index is 13.0. The van der Waals surface area contributed by atoms with Gasteiger partial charge in [-0.25, -0.2) is 13.2 Å². The van der Waals surface area contributed by atoms with Gasteiger partial charge in [0.05, 0.1) is 17.1 Å². The molecule has 1 N–H and O–H groups in total. The number of sulfonamides is 1. The molecule has 0 amide bonds. The van der Waals surface area contributed by atoms with Gasteiger partial charge in [0.15, 0.2) is 11.5 Å². The number of thiophene rings is 1. The monoisotopic (exact) mass is 437 g/mol. The standard InChI is InChI=1S/C16H14F3NO6S2/c1-2-24-15(21)10-8-13(16(17,18)19)27-14(10)20-28(22,23)9-3-4-11-12(7-9)26-6-5-25-11/h3-4,7-8,20H,2,5-6H2,1H3. The summed E-state index contributed by atoms with van der Waals surface area (Å²) >= 11 is 0.0989. The van der Waals surface area contributed by atoms with Gasteiger partial charge in [0.1, 0.15) is 23.1 Å². The molecule has 0 spiro atoms. The van der Waals surface area contributed by atoms with Gasteiger partial charge in [-0.15, -0.1) is 11.3 Å². The molecule has 1 aliphatic heterocycles. The van der Waals surface area contributed by atoms with E-state index in [1.165, 1.54) is 25.1 Å². The Morgan fingerprint density at radius 3 is 2.54 bits per heavy atom. The van der Waals surface area contributed by atoms with E-state index in [0.29, 0.717) is 18.4 Å². The lowest BCUT2D eigenvalue weighted by Crippen LogP contribution is -2.18. The van der Waals surface area contributed by atoms with Crippen molar-refractivity contribution in [1.82, 2.24) is 0 Å². The van der Waals surface area contributed by atoms with Crippen LogP contribution in [0.1, 0.15) is 22.2 Å². The van der Waals surface area contributed by atoms with Gasteiger partial charge in [-0.3, -0.25) is 4.72 Å². The fraction of sp³-hybridized carbons (Fsp3) is 0.312. The number of nitrogens with one attached hydrogen (secondary N) is 1. The second-order valence-corrected chi connectivity index (χ2v) is 8.22. The smallest absolute Gasteiger partial charge is 0.425 e. The normalized spacial score (nSPS) is 13.9. The third-order valence-corrected chi connectivity index (χ3v) is 6.13. The van der Waals surface area contributed by atoms with E-state index in [-0.39, 0.29) is 35.2 Å². The Labute approximate surface area is 162 Å². The number of carbonyl (C=O) groups is 1. The Balaban J connectivity index is 1.97. The fourth-order valence-electron chi connectivity index (χ4n) is 2.34. The van der Waals surface area contributed by atoms with Crippen LogP contribution in [-0.4, -0.2) is 34.2 Å². The summed E-state index contributed by atoms with van der Waals surface area (Å²) in [7, 11) is -4.30. The molecule has 1 aromatic heterocycles. The van der Waals surface area contributed by atoms with Crippen LogP contribution in [0.4, 0.5) is 18.2 Å². The van der Waals surface area contributed by atoms with Crippen molar-refractivity contribution < 1.29 is 40.6 Å². The SMILES string of the molecule is CCOC(=O)c1cc(C(F)(F)F)sc1NS(=O)(=O)c1ccc2c(c1)OCCO2. The molecule has 0 radical (unpaired) electrons. The fourth-order valence-corrected chi connectivity index (χ4v) is 4.58. The lowest BCUT2D eigenvalue weighted by molar-refractivity contribution is -0.134. The number of benzene rings is 1. The molecule has 28 heavy (non-hydrogen) atoms. The third kappa shape index (κ3) is 4.17. The zero-order valence-corrected chi connectivity index (χ0v) is 16.0. The van der Waals surface area contributed by atoms with E-state index in [9.17, 15) is 26.4 Å². The molecule has 1 aliphatic rings. The first kappa shape index (κ1) is 20.3. The highest BCUT2D eigenvalue weighted by Gasteiger charge is 2.36. The zero-order chi connectivity index (χ0) is 20.5. The van der Waals surface area contributed by atoms with Crippen LogP contribution >= 0.6 is 11.3 Å². The van der Waals surface area contributed by atoms with Crippen molar-refractivity contribution >= 4 is 32.3 Å². The maximum atomic E-state index is 13.0. The van der Waals surface area contributed by atoms with E-state index in [1.807, 2.05) is 4.72 Å². The minimum atomic E-state index is -4.74. The number of halogens is 3. The Hall–Kier alpha value is -2.47. The molecular formula is C16H14F3NO6S2. The molecule has 3 rings (SSSR count). The van der Waals surface area contributed by atoms with Crippen molar-refractivity contribution in [2.24, 2.45) is 0 Å². The number of fused-ring (bicyclic) bond motifs is 1. The number of hydrogen-bond acceptors (Lipinski definition) is 7. The summed E-state index contributed by atoms with van der Waals surface area (Å²) in [6.07, 6.45) is -4.74. The van der Waals surface area contributed by atoms with Gasteiger partial charge in [-0.1, -0.05) is 0 Å². The average Bonchev–Trinajstić information content (AvgIpc) is 3.05. The quantitative estimate of drug-likeness (QED) is 0.720. The molecule has 0 bridgehead atoms. The second kappa shape index (κ2) is 7.51. The molecule has 2 aromatic rings. The predicted molar refractivity (Wildman–Crippen MR) is 93.5 cm³/mol. The molecule has 2 heterocycles. The zero-order valence-electron chi connectivity index (χ0n) is 14.3. The highest BCUT2D eigenvalue weighted by Crippen LogP contribution is 2.41. The molecule has 12 heteroatoms. The first-order chi connectivity index (χ1) is 13.1.